The second-order valence-electron chi connectivity index (χ2n) is 9.64. The lowest BCUT2D eigenvalue weighted by atomic mass is 10.1. The topological polar surface area (TPSA) is 52.9 Å². The van der Waals surface area contributed by atoms with Crippen LogP contribution in [0.5, 0.6) is 0 Å². The van der Waals surface area contributed by atoms with E-state index in [2.05, 4.69) is 103 Å². The van der Waals surface area contributed by atoms with E-state index in [1.807, 2.05) is 36.4 Å². The van der Waals surface area contributed by atoms with Crippen molar-refractivity contribution < 1.29 is 4.79 Å². The smallest absolute Gasteiger partial charge is 0.271 e. The van der Waals surface area contributed by atoms with E-state index in [4.69, 9.17) is 0 Å². The van der Waals surface area contributed by atoms with Gasteiger partial charge in [-0.15, -0.1) is 0 Å². The SMILES string of the molecule is Cc1cc(/C=N\NC(=O)c2ccc(CN3CCN(c4ccccc4)CC3)cc2)c(C)n1-c1cccc(Br)c1. The van der Waals surface area contributed by atoms with Crippen LogP contribution in [0.15, 0.2) is 94.5 Å². The van der Waals surface area contributed by atoms with Crippen LogP contribution < -0.4 is 10.3 Å². The van der Waals surface area contributed by atoms with E-state index in [0.29, 0.717) is 5.56 Å². The van der Waals surface area contributed by atoms with Crippen LogP contribution in [0.3, 0.4) is 0 Å². The van der Waals surface area contributed by atoms with E-state index in [0.717, 1.165) is 59.8 Å². The number of piperazine rings is 1. The van der Waals surface area contributed by atoms with Gasteiger partial charge < -0.3 is 9.47 Å². The zero-order chi connectivity index (χ0) is 26.5. The number of hydrazone groups is 1. The number of carbonyl (C=O) groups excluding carboxylic acids is 1. The third kappa shape index (κ3) is 6.06. The van der Waals surface area contributed by atoms with Gasteiger partial charge in [0.05, 0.1) is 6.21 Å². The molecule has 4 aromatic rings. The first-order valence-corrected chi connectivity index (χ1v) is 13.7. The lowest BCUT2D eigenvalue weighted by molar-refractivity contribution is 0.0955. The van der Waals surface area contributed by atoms with Gasteiger partial charge in [-0.2, -0.15) is 5.10 Å². The molecular weight excluding hydrogens is 538 g/mol. The number of para-hydroxylation sites is 1. The van der Waals surface area contributed by atoms with Gasteiger partial charge in [0.2, 0.25) is 0 Å². The molecule has 1 fully saturated rings. The average molecular weight is 571 g/mol. The molecule has 0 atom stereocenters. The van der Waals surface area contributed by atoms with Crippen molar-refractivity contribution in [1.82, 2.24) is 14.9 Å². The maximum Gasteiger partial charge on any atom is 0.271 e. The van der Waals surface area contributed by atoms with Crippen molar-refractivity contribution in [2.24, 2.45) is 5.10 Å². The third-order valence-electron chi connectivity index (χ3n) is 7.02. The van der Waals surface area contributed by atoms with Crippen LogP contribution in [0.2, 0.25) is 0 Å². The van der Waals surface area contributed by atoms with Gasteiger partial charge >= 0.3 is 0 Å². The maximum atomic E-state index is 12.7. The Kier molecular flexibility index (Phi) is 8.05. The standard InChI is InChI=1S/C31H32BrN5O/c1-23-19-27(24(2)37(23)30-10-6-7-28(32)20-30)21-33-34-31(38)26-13-11-25(12-14-26)22-35-15-17-36(18-16-35)29-8-4-3-5-9-29/h3-14,19-21H,15-18,22H2,1-2H3,(H,34,38)/b33-21-. The van der Waals surface area contributed by atoms with Gasteiger partial charge in [0, 0.05) is 71.1 Å². The Morgan fingerprint density at radius 3 is 2.32 bits per heavy atom. The van der Waals surface area contributed by atoms with Crippen LogP contribution in [-0.4, -0.2) is 47.8 Å². The second kappa shape index (κ2) is 11.8. The van der Waals surface area contributed by atoms with E-state index >= 15 is 0 Å². The summed E-state index contributed by atoms with van der Waals surface area (Å²) < 4.78 is 3.20. The molecule has 1 amide bonds. The lowest BCUT2D eigenvalue weighted by Crippen LogP contribution is -2.45. The molecule has 5 rings (SSSR count). The predicted molar refractivity (Wildman–Crippen MR) is 158 cm³/mol. The minimum Gasteiger partial charge on any atom is -0.369 e. The monoisotopic (exact) mass is 569 g/mol. The minimum absolute atomic E-state index is 0.218. The summed E-state index contributed by atoms with van der Waals surface area (Å²) in [5, 5.41) is 4.23. The molecule has 0 saturated carbocycles. The highest BCUT2D eigenvalue weighted by Gasteiger charge is 2.17. The summed E-state index contributed by atoms with van der Waals surface area (Å²) in [6, 6.07) is 28.7. The van der Waals surface area contributed by atoms with Crippen molar-refractivity contribution in [3.63, 3.8) is 0 Å². The maximum absolute atomic E-state index is 12.7. The number of carbonyl (C=O) groups is 1. The largest absolute Gasteiger partial charge is 0.369 e. The lowest BCUT2D eigenvalue weighted by Gasteiger charge is -2.36. The van der Waals surface area contributed by atoms with Crippen molar-refractivity contribution >= 4 is 33.7 Å². The van der Waals surface area contributed by atoms with E-state index < -0.39 is 0 Å². The molecule has 1 aromatic heterocycles. The molecular formula is C31H32BrN5O. The quantitative estimate of drug-likeness (QED) is 0.221. The third-order valence-corrected chi connectivity index (χ3v) is 7.52. The summed E-state index contributed by atoms with van der Waals surface area (Å²) in [5.74, 6) is -0.218. The Morgan fingerprint density at radius 1 is 0.895 bits per heavy atom. The molecule has 0 spiro atoms. The van der Waals surface area contributed by atoms with E-state index in [9.17, 15) is 4.79 Å². The fourth-order valence-corrected chi connectivity index (χ4v) is 5.37. The molecule has 1 aliphatic rings. The fraction of sp³-hybridized carbons (Fsp3) is 0.226. The summed E-state index contributed by atoms with van der Waals surface area (Å²) in [6.07, 6.45) is 1.71. The Labute approximate surface area is 232 Å². The first-order valence-electron chi connectivity index (χ1n) is 12.9. The van der Waals surface area contributed by atoms with Crippen LogP contribution in [-0.2, 0) is 6.54 Å². The summed E-state index contributed by atoms with van der Waals surface area (Å²) in [4.78, 5) is 17.6. The van der Waals surface area contributed by atoms with Gasteiger partial charge in [-0.05, 0) is 67.9 Å². The normalized spacial score (nSPS) is 14.2. The highest BCUT2D eigenvalue weighted by atomic mass is 79.9. The number of halogens is 1. The summed E-state index contributed by atoms with van der Waals surface area (Å²) >= 11 is 3.54. The number of benzene rings is 3. The predicted octanol–water partition coefficient (Wildman–Crippen LogP) is 5.94. The Morgan fingerprint density at radius 2 is 1.61 bits per heavy atom. The van der Waals surface area contributed by atoms with E-state index in [1.165, 1.54) is 11.3 Å². The van der Waals surface area contributed by atoms with Crippen LogP contribution in [0.1, 0.15) is 32.9 Å². The molecule has 194 valence electrons. The number of rotatable bonds is 7. The van der Waals surface area contributed by atoms with Crippen molar-refractivity contribution in [2.45, 2.75) is 20.4 Å². The molecule has 6 nitrogen and oxygen atoms in total. The molecule has 38 heavy (non-hydrogen) atoms. The molecule has 0 unspecified atom stereocenters. The minimum atomic E-state index is -0.218. The average Bonchev–Trinajstić information content (AvgIpc) is 3.22. The van der Waals surface area contributed by atoms with E-state index in [-0.39, 0.29) is 5.91 Å². The highest BCUT2D eigenvalue weighted by molar-refractivity contribution is 9.10. The van der Waals surface area contributed by atoms with Gasteiger partial charge in [0.15, 0.2) is 0 Å². The molecule has 1 saturated heterocycles. The molecule has 3 aromatic carbocycles. The summed E-state index contributed by atoms with van der Waals surface area (Å²) in [6.45, 7) is 9.09. The summed E-state index contributed by atoms with van der Waals surface area (Å²) in [5.41, 5.74) is 9.97. The molecule has 1 aliphatic heterocycles. The van der Waals surface area contributed by atoms with Gasteiger partial charge in [0.1, 0.15) is 0 Å². The number of hydrogen-bond acceptors (Lipinski definition) is 4. The van der Waals surface area contributed by atoms with Gasteiger partial charge in [0.25, 0.3) is 5.91 Å². The number of aryl methyl sites for hydroxylation is 1. The van der Waals surface area contributed by atoms with Gasteiger partial charge in [-0.1, -0.05) is 52.3 Å². The molecule has 0 radical (unpaired) electrons. The Balaban J connectivity index is 1.14. The summed E-state index contributed by atoms with van der Waals surface area (Å²) in [7, 11) is 0. The van der Waals surface area contributed by atoms with Crippen LogP contribution in [0.4, 0.5) is 5.69 Å². The molecule has 0 bridgehead atoms. The number of aromatic nitrogens is 1. The number of hydrogen-bond donors (Lipinski definition) is 1. The fourth-order valence-electron chi connectivity index (χ4n) is 4.98. The first kappa shape index (κ1) is 25.9. The van der Waals surface area contributed by atoms with Crippen molar-refractivity contribution in [2.75, 3.05) is 31.1 Å². The zero-order valence-electron chi connectivity index (χ0n) is 21.8. The molecule has 2 heterocycles. The number of nitrogens with zero attached hydrogens (tertiary/aromatic N) is 4. The Bertz CT molecular complexity index is 1420. The Hall–Kier alpha value is -3.68. The van der Waals surface area contributed by atoms with Gasteiger partial charge in [-0.25, -0.2) is 5.43 Å². The van der Waals surface area contributed by atoms with Crippen molar-refractivity contribution in [1.29, 1.82) is 0 Å². The first-order chi connectivity index (χ1) is 18.5. The zero-order valence-corrected chi connectivity index (χ0v) is 23.4. The molecule has 7 heteroatoms. The highest BCUT2D eigenvalue weighted by Crippen LogP contribution is 2.22. The number of nitrogens with one attached hydrogen (secondary N) is 1. The van der Waals surface area contributed by atoms with Crippen LogP contribution in [0, 0.1) is 13.8 Å². The molecule has 0 aliphatic carbocycles. The second-order valence-corrected chi connectivity index (χ2v) is 10.6. The van der Waals surface area contributed by atoms with Crippen molar-refractivity contribution in [3.05, 3.63) is 117 Å². The van der Waals surface area contributed by atoms with Crippen LogP contribution >= 0.6 is 15.9 Å². The number of amides is 1. The number of anilines is 1. The van der Waals surface area contributed by atoms with Crippen LogP contribution in [0.25, 0.3) is 5.69 Å². The van der Waals surface area contributed by atoms with Crippen molar-refractivity contribution in [3.8, 4) is 5.69 Å². The van der Waals surface area contributed by atoms with Gasteiger partial charge in [-0.3, -0.25) is 9.69 Å². The molecule has 1 N–H and O–H groups in total. The van der Waals surface area contributed by atoms with E-state index in [1.54, 1.807) is 6.21 Å².